The molecule has 3 aromatic carbocycles. The van der Waals surface area contributed by atoms with Crippen molar-refractivity contribution in [1.82, 2.24) is 10.3 Å². The second-order valence-electron chi connectivity index (χ2n) is 9.39. The molecule has 0 atom stereocenters. The first kappa shape index (κ1) is 29.1. The first-order valence-corrected chi connectivity index (χ1v) is 14.7. The fourth-order valence-electron chi connectivity index (χ4n) is 4.13. The zero-order chi connectivity index (χ0) is 28.5. The smallest absolute Gasteiger partial charge is 0.264 e. The van der Waals surface area contributed by atoms with Crippen LogP contribution >= 0.6 is 11.6 Å². The van der Waals surface area contributed by atoms with Crippen molar-refractivity contribution in [2.45, 2.75) is 31.1 Å². The Morgan fingerprint density at radius 1 is 0.975 bits per heavy atom. The molecule has 0 aromatic heterocycles. The van der Waals surface area contributed by atoms with E-state index in [9.17, 15) is 18.0 Å². The standard InChI is InChI=1S/C29H31ClN4O5S/c1-22-5-15-27(16-6-22)40(37,38)34(25-11-9-24(30)10-12-25)20-28(35)32-31-19-23-7-13-26(14-8-23)39-21-29(36)33-17-3-2-4-18-33/h5-16,19H,2-4,17-18,20-21H2,1H3,(H,32,35)/b31-19-. The van der Waals surface area contributed by atoms with Crippen molar-refractivity contribution in [3.8, 4) is 5.75 Å². The SMILES string of the molecule is Cc1ccc(S(=O)(=O)N(CC(=O)N/N=C\c2ccc(OCC(=O)N3CCCCC3)cc2)c2ccc(Cl)cc2)cc1. The van der Waals surface area contributed by atoms with E-state index in [1.54, 1.807) is 48.5 Å². The van der Waals surface area contributed by atoms with Crippen LogP contribution in [0, 0.1) is 6.92 Å². The molecule has 0 bridgehead atoms. The summed E-state index contributed by atoms with van der Waals surface area (Å²) in [6, 6.07) is 19.5. The normalized spacial score (nSPS) is 13.7. The van der Waals surface area contributed by atoms with E-state index in [-0.39, 0.29) is 17.4 Å². The first-order valence-electron chi connectivity index (χ1n) is 12.9. The van der Waals surface area contributed by atoms with E-state index in [1.165, 1.54) is 30.5 Å². The minimum absolute atomic E-state index is 0.0148. The lowest BCUT2D eigenvalue weighted by molar-refractivity contribution is -0.134. The quantitative estimate of drug-likeness (QED) is 0.282. The number of nitrogens with zero attached hydrogens (tertiary/aromatic N) is 3. The molecule has 0 spiro atoms. The molecule has 9 nitrogen and oxygen atoms in total. The highest BCUT2D eigenvalue weighted by molar-refractivity contribution is 7.92. The van der Waals surface area contributed by atoms with Crippen LogP contribution in [-0.2, 0) is 19.6 Å². The maximum atomic E-state index is 13.4. The molecule has 1 saturated heterocycles. The summed E-state index contributed by atoms with van der Waals surface area (Å²) >= 11 is 5.98. The van der Waals surface area contributed by atoms with Gasteiger partial charge in [-0.25, -0.2) is 13.8 Å². The predicted molar refractivity (Wildman–Crippen MR) is 155 cm³/mol. The molecule has 0 unspecified atom stereocenters. The third-order valence-corrected chi connectivity index (χ3v) is 8.40. The van der Waals surface area contributed by atoms with Crippen molar-refractivity contribution < 1.29 is 22.7 Å². The molecule has 3 aromatic rings. The molecule has 4 rings (SSSR count). The number of likely N-dealkylation sites (tertiary alicyclic amines) is 1. The van der Waals surface area contributed by atoms with Gasteiger partial charge < -0.3 is 9.64 Å². The number of hydrazone groups is 1. The number of piperidine rings is 1. The molecule has 1 aliphatic heterocycles. The van der Waals surface area contributed by atoms with Gasteiger partial charge in [-0.2, -0.15) is 5.10 Å². The number of sulfonamides is 1. The molecule has 210 valence electrons. The van der Waals surface area contributed by atoms with E-state index >= 15 is 0 Å². The van der Waals surface area contributed by atoms with Gasteiger partial charge in [-0.15, -0.1) is 0 Å². The van der Waals surface area contributed by atoms with Gasteiger partial charge in [-0.3, -0.25) is 13.9 Å². The third kappa shape index (κ3) is 7.83. The van der Waals surface area contributed by atoms with Gasteiger partial charge in [0.05, 0.1) is 16.8 Å². The van der Waals surface area contributed by atoms with E-state index in [1.807, 2.05) is 11.8 Å². The van der Waals surface area contributed by atoms with Gasteiger partial charge >= 0.3 is 0 Å². The van der Waals surface area contributed by atoms with E-state index in [2.05, 4.69) is 10.5 Å². The van der Waals surface area contributed by atoms with E-state index < -0.39 is 22.5 Å². The summed E-state index contributed by atoms with van der Waals surface area (Å²) in [7, 11) is -4.04. The fraction of sp³-hybridized carbons (Fsp3) is 0.276. The average molecular weight is 583 g/mol. The molecule has 1 heterocycles. The van der Waals surface area contributed by atoms with E-state index in [0.717, 1.165) is 42.2 Å². The molecule has 11 heteroatoms. The van der Waals surface area contributed by atoms with Crippen LogP contribution in [0.15, 0.2) is 82.8 Å². The number of carbonyl (C=O) groups is 2. The van der Waals surface area contributed by atoms with Crippen LogP contribution in [0.4, 0.5) is 5.69 Å². The number of benzene rings is 3. The van der Waals surface area contributed by atoms with Crippen molar-refractivity contribution in [1.29, 1.82) is 0 Å². The Bertz CT molecular complexity index is 1440. The Morgan fingerprint density at radius 3 is 2.27 bits per heavy atom. The summed E-state index contributed by atoms with van der Waals surface area (Å²) in [5, 5.41) is 4.41. The van der Waals surface area contributed by atoms with Crippen molar-refractivity contribution in [3.63, 3.8) is 0 Å². The second-order valence-corrected chi connectivity index (χ2v) is 11.7. The molecule has 40 heavy (non-hydrogen) atoms. The van der Waals surface area contributed by atoms with E-state index in [4.69, 9.17) is 16.3 Å². The van der Waals surface area contributed by atoms with Crippen LogP contribution in [-0.4, -0.2) is 57.6 Å². The minimum Gasteiger partial charge on any atom is -0.484 e. The fourth-order valence-corrected chi connectivity index (χ4v) is 5.68. The monoisotopic (exact) mass is 582 g/mol. The Labute approximate surface area is 239 Å². The lowest BCUT2D eigenvalue weighted by atomic mass is 10.1. The Morgan fingerprint density at radius 2 is 1.62 bits per heavy atom. The van der Waals surface area contributed by atoms with Gasteiger partial charge in [0, 0.05) is 18.1 Å². The van der Waals surface area contributed by atoms with E-state index in [0.29, 0.717) is 22.0 Å². The summed E-state index contributed by atoms with van der Waals surface area (Å²) in [6.07, 6.45) is 4.64. The summed E-state index contributed by atoms with van der Waals surface area (Å²) in [5.41, 5.74) is 4.26. The number of rotatable bonds is 10. The maximum Gasteiger partial charge on any atom is 0.264 e. The molecular formula is C29H31ClN4O5S. The minimum atomic E-state index is -4.04. The Hall–Kier alpha value is -3.89. The third-order valence-electron chi connectivity index (χ3n) is 6.36. The number of nitrogens with one attached hydrogen (secondary N) is 1. The van der Waals surface area contributed by atoms with Crippen molar-refractivity contribution in [3.05, 3.63) is 88.9 Å². The molecule has 1 N–H and O–H groups in total. The number of halogens is 1. The number of hydrogen-bond acceptors (Lipinski definition) is 6. The largest absolute Gasteiger partial charge is 0.484 e. The number of anilines is 1. The summed E-state index contributed by atoms with van der Waals surface area (Å²) < 4.78 is 33.5. The number of hydrogen-bond donors (Lipinski definition) is 1. The van der Waals surface area contributed by atoms with Crippen LogP contribution in [0.3, 0.4) is 0 Å². The molecule has 2 amide bonds. The van der Waals surface area contributed by atoms with Crippen LogP contribution in [0.5, 0.6) is 5.75 Å². The number of ether oxygens (including phenoxy) is 1. The molecular weight excluding hydrogens is 552 g/mol. The van der Waals surface area contributed by atoms with Gasteiger partial charge in [0.15, 0.2) is 6.61 Å². The second kappa shape index (κ2) is 13.5. The zero-order valence-electron chi connectivity index (χ0n) is 22.1. The van der Waals surface area contributed by atoms with Crippen LogP contribution < -0.4 is 14.5 Å². The van der Waals surface area contributed by atoms with Crippen molar-refractivity contribution in [2.24, 2.45) is 5.10 Å². The highest BCUT2D eigenvalue weighted by atomic mass is 35.5. The van der Waals surface area contributed by atoms with Gasteiger partial charge in [-0.05, 0) is 92.4 Å². The molecule has 1 aliphatic rings. The number of amides is 2. The first-order chi connectivity index (χ1) is 19.2. The lowest BCUT2D eigenvalue weighted by Gasteiger charge is -2.26. The van der Waals surface area contributed by atoms with Crippen LogP contribution in [0.25, 0.3) is 0 Å². The number of carbonyl (C=O) groups excluding carboxylic acids is 2. The van der Waals surface area contributed by atoms with Crippen LogP contribution in [0.1, 0.15) is 30.4 Å². The Kier molecular flexibility index (Phi) is 9.79. The highest BCUT2D eigenvalue weighted by Gasteiger charge is 2.27. The maximum absolute atomic E-state index is 13.4. The molecule has 0 aliphatic carbocycles. The predicted octanol–water partition coefficient (Wildman–Crippen LogP) is 4.39. The molecule has 1 fully saturated rings. The van der Waals surface area contributed by atoms with Crippen molar-refractivity contribution >= 4 is 45.3 Å². The van der Waals surface area contributed by atoms with Gasteiger partial charge in [0.2, 0.25) is 0 Å². The molecule has 0 radical (unpaired) electrons. The summed E-state index contributed by atoms with van der Waals surface area (Å²) in [5.74, 6) is -0.102. The number of aryl methyl sites for hydroxylation is 1. The van der Waals surface area contributed by atoms with Gasteiger partial charge in [0.1, 0.15) is 12.3 Å². The Balaban J connectivity index is 1.36. The molecule has 0 saturated carbocycles. The van der Waals surface area contributed by atoms with Gasteiger partial charge in [-0.1, -0.05) is 29.3 Å². The highest BCUT2D eigenvalue weighted by Crippen LogP contribution is 2.25. The topological polar surface area (TPSA) is 108 Å². The van der Waals surface area contributed by atoms with Gasteiger partial charge in [0.25, 0.3) is 21.8 Å². The van der Waals surface area contributed by atoms with Crippen molar-refractivity contribution in [2.75, 3.05) is 30.5 Å². The summed E-state index contributed by atoms with van der Waals surface area (Å²) in [4.78, 5) is 26.9. The lowest BCUT2D eigenvalue weighted by Crippen LogP contribution is -2.39. The summed E-state index contributed by atoms with van der Waals surface area (Å²) in [6.45, 7) is 2.90. The average Bonchev–Trinajstić information content (AvgIpc) is 2.96. The van der Waals surface area contributed by atoms with Crippen LogP contribution in [0.2, 0.25) is 5.02 Å². The zero-order valence-corrected chi connectivity index (χ0v) is 23.7.